The van der Waals surface area contributed by atoms with Gasteiger partial charge in [0.1, 0.15) is 0 Å². The molecule has 0 saturated heterocycles. The Morgan fingerprint density at radius 1 is 1.26 bits per heavy atom. The molecule has 0 radical (unpaired) electrons. The zero-order valence-corrected chi connectivity index (χ0v) is 16.7. The van der Waals surface area contributed by atoms with Gasteiger partial charge in [-0.25, -0.2) is 0 Å². The SMILES string of the molecule is CCCn1c(=NC(=O)CSc2ccc(C)cc2)sc2cc([N+](=O)[O-])ccc21. The van der Waals surface area contributed by atoms with Gasteiger partial charge in [0.25, 0.3) is 11.6 Å². The van der Waals surface area contributed by atoms with Crippen LogP contribution < -0.4 is 4.80 Å². The average Bonchev–Trinajstić information content (AvgIpc) is 2.98. The zero-order chi connectivity index (χ0) is 19.4. The first kappa shape index (κ1) is 19.3. The highest BCUT2D eigenvalue weighted by molar-refractivity contribution is 8.00. The molecule has 0 bridgehead atoms. The Hall–Kier alpha value is -2.45. The van der Waals surface area contributed by atoms with Crippen LogP contribution in [0.4, 0.5) is 5.69 Å². The number of thioether (sulfide) groups is 1. The summed E-state index contributed by atoms with van der Waals surface area (Å²) in [5.74, 6) is 0.0373. The molecule has 27 heavy (non-hydrogen) atoms. The summed E-state index contributed by atoms with van der Waals surface area (Å²) in [6, 6.07) is 12.8. The normalized spacial score (nSPS) is 11.9. The molecule has 0 N–H and O–H groups in total. The van der Waals surface area contributed by atoms with Crippen molar-refractivity contribution in [2.24, 2.45) is 4.99 Å². The summed E-state index contributed by atoms with van der Waals surface area (Å²) in [4.78, 5) is 28.8. The highest BCUT2D eigenvalue weighted by Crippen LogP contribution is 2.24. The molecule has 0 aliphatic heterocycles. The van der Waals surface area contributed by atoms with Crippen LogP contribution in [0, 0.1) is 17.0 Å². The number of hydrogen-bond donors (Lipinski definition) is 0. The van der Waals surface area contributed by atoms with Gasteiger partial charge in [-0.1, -0.05) is 36.0 Å². The molecular weight excluding hydrogens is 382 g/mol. The van der Waals surface area contributed by atoms with E-state index in [1.807, 2.05) is 42.7 Å². The van der Waals surface area contributed by atoms with Crippen LogP contribution in [0.3, 0.4) is 0 Å². The van der Waals surface area contributed by atoms with Crippen LogP contribution in [0.1, 0.15) is 18.9 Å². The molecule has 1 amide bonds. The summed E-state index contributed by atoms with van der Waals surface area (Å²) < 4.78 is 2.72. The van der Waals surface area contributed by atoms with E-state index in [1.165, 1.54) is 40.8 Å². The van der Waals surface area contributed by atoms with E-state index in [0.717, 1.165) is 21.5 Å². The van der Waals surface area contributed by atoms with Crippen LogP contribution in [0.2, 0.25) is 0 Å². The fourth-order valence-electron chi connectivity index (χ4n) is 2.62. The van der Waals surface area contributed by atoms with Crippen LogP contribution in [0.15, 0.2) is 52.4 Å². The van der Waals surface area contributed by atoms with Crippen LogP contribution in [-0.2, 0) is 11.3 Å². The lowest BCUT2D eigenvalue weighted by molar-refractivity contribution is -0.384. The van der Waals surface area contributed by atoms with Crippen molar-refractivity contribution in [1.82, 2.24) is 4.57 Å². The van der Waals surface area contributed by atoms with Gasteiger partial charge in [-0.3, -0.25) is 14.9 Å². The van der Waals surface area contributed by atoms with Crippen molar-refractivity contribution in [3.8, 4) is 0 Å². The highest BCUT2D eigenvalue weighted by atomic mass is 32.2. The number of nitrogens with zero attached hydrogens (tertiary/aromatic N) is 3. The molecular formula is C19H19N3O3S2. The first-order valence-corrected chi connectivity index (χ1v) is 10.3. The van der Waals surface area contributed by atoms with Gasteiger partial charge in [0, 0.05) is 23.6 Å². The second kappa shape index (κ2) is 8.49. The molecule has 3 aromatic rings. The quantitative estimate of drug-likeness (QED) is 0.345. The number of non-ortho nitro benzene ring substituents is 1. The van der Waals surface area contributed by atoms with Gasteiger partial charge in [-0.05, 0) is 31.5 Å². The number of aromatic nitrogens is 1. The van der Waals surface area contributed by atoms with E-state index in [0.29, 0.717) is 11.3 Å². The first-order chi connectivity index (χ1) is 13.0. The van der Waals surface area contributed by atoms with Crippen molar-refractivity contribution in [3.05, 3.63) is 62.9 Å². The number of carbonyl (C=O) groups is 1. The third-order valence-electron chi connectivity index (χ3n) is 3.93. The molecule has 0 atom stereocenters. The van der Waals surface area contributed by atoms with E-state index in [-0.39, 0.29) is 17.3 Å². The summed E-state index contributed by atoms with van der Waals surface area (Å²) in [5.41, 5.74) is 2.08. The van der Waals surface area contributed by atoms with Crippen molar-refractivity contribution < 1.29 is 9.72 Å². The Balaban J connectivity index is 1.88. The van der Waals surface area contributed by atoms with Crippen LogP contribution in [0.25, 0.3) is 10.2 Å². The minimum Gasteiger partial charge on any atom is -0.316 e. The van der Waals surface area contributed by atoms with Crippen molar-refractivity contribution in [3.63, 3.8) is 0 Å². The number of thiazole rings is 1. The van der Waals surface area contributed by atoms with Gasteiger partial charge in [0.05, 0.1) is 20.9 Å². The van der Waals surface area contributed by atoms with E-state index >= 15 is 0 Å². The maximum atomic E-state index is 12.4. The minimum atomic E-state index is -0.413. The molecule has 8 heteroatoms. The van der Waals surface area contributed by atoms with Crippen LogP contribution in [-0.4, -0.2) is 21.2 Å². The Labute approximate surface area is 164 Å². The van der Waals surface area contributed by atoms with E-state index in [2.05, 4.69) is 4.99 Å². The predicted octanol–water partition coefficient (Wildman–Crippen LogP) is 4.55. The maximum Gasteiger partial charge on any atom is 0.270 e. The van der Waals surface area contributed by atoms with Crippen molar-refractivity contribution >= 4 is 44.9 Å². The van der Waals surface area contributed by atoms with E-state index in [9.17, 15) is 14.9 Å². The van der Waals surface area contributed by atoms with Gasteiger partial charge in [0.2, 0.25) is 0 Å². The molecule has 3 rings (SSSR count). The van der Waals surface area contributed by atoms with Crippen molar-refractivity contribution in [1.29, 1.82) is 0 Å². The monoisotopic (exact) mass is 401 g/mol. The van der Waals surface area contributed by atoms with E-state index in [1.54, 1.807) is 6.07 Å². The lowest BCUT2D eigenvalue weighted by Gasteiger charge is -2.02. The number of nitro groups is 1. The Bertz CT molecular complexity index is 1050. The van der Waals surface area contributed by atoms with Gasteiger partial charge in [0.15, 0.2) is 4.80 Å². The molecule has 0 aliphatic carbocycles. The average molecular weight is 402 g/mol. The number of hydrogen-bond acceptors (Lipinski definition) is 5. The summed E-state index contributed by atoms with van der Waals surface area (Å²) >= 11 is 2.76. The smallest absolute Gasteiger partial charge is 0.270 e. The third-order valence-corrected chi connectivity index (χ3v) is 5.97. The van der Waals surface area contributed by atoms with Crippen molar-refractivity contribution in [2.75, 3.05) is 5.75 Å². The molecule has 6 nitrogen and oxygen atoms in total. The van der Waals surface area contributed by atoms with Crippen molar-refractivity contribution in [2.45, 2.75) is 31.7 Å². The fraction of sp³-hybridized carbons (Fsp3) is 0.263. The van der Waals surface area contributed by atoms with Gasteiger partial charge in [-0.2, -0.15) is 4.99 Å². The van der Waals surface area contributed by atoms with Gasteiger partial charge in [-0.15, -0.1) is 11.8 Å². The summed E-state index contributed by atoms with van der Waals surface area (Å²) in [7, 11) is 0. The number of fused-ring (bicyclic) bond motifs is 1. The fourth-order valence-corrected chi connectivity index (χ4v) is 4.41. The lowest BCUT2D eigenvalue weighted by Crippen LogP contribution is -2.17. The molecule has 0 spiro atoms. The molecule has 0 unspecified atom stereocenters. The van der Waals surface area contributed by atoms with E-state index in [4.69, 9.17) is 0 Å². The highest BCUT2D eigenvalue weighted by Gasteiger charge is 2.12. The topological polar surface area (TPSA) is 77.5 Å². The van der Waals surface area contributed by atoms with Gasteiger partial charge < -0.3 is 4.57 Å². The predicted molar refractivity (Wildman–Crippen MR) is 109 cm³/mol. The molecule has 2 aromatic carbocycles. The molecule has 0 aliphatic rings. The molecule has 0 fully saturated rings. The Morgan fingerprint density at radius 3 is 2.67 bits per heavy atom. The Kier molecular flexibility index (Phi) is 6.08. The number of aryl methyl sites for hydroxylation is 2. The van der Waals surface area contributed by atoms with E-state index < -0.39 is 4.92 Å². The number of rotatable bonds is 6. The standard InChI is InChI=1S/C19H19N3O3S2/c1-3-10-21-16-9-6-14(22(24)25)11-17(16)27-19(21)20-18(23)12-26-15-7-4-13(2)5-8-15/h4-9,11H,3,10,12H2,1-2H3. The number of benzene rings is 2. The number of nitro benzene ring substituents is 1. The van der Waals surface area contributed by atoms with Crippen LogP contribution in [0.5, 0.6) is 0 Å². The third kappa shape index (κ3) is 4.64. The summed E-state index contributed by atoms with van der Waals surface area (Å²) in [5, 5.41) is 11.0. The summed E-state index contributed by atoms with van der Waals surface area (Å²) in [6.45, 7) is 4.77. The second-order valence-corrected chi connectivity index (χ2v) is 8.11. The lowest BCUT2D eigenvalue weighted by atomic mass is 10.2. The van der Waals surface area contributed by atoms with Gasteiger partial charge >= 0.3 is 0 Å². The number of carbonyl (C=O) groups excluding carboxylic acids is 1. The molecule has 1 heterocycles. The molecule has 1 aromatic heterocycles. The minimum absolute atomic E-state index is 0.0419. The zero-order valence-electron chi connectivity index (χ0n) is 15.0. The largest absolute Gasteiger partial charge is 0.316 e. The summed E-state index contributed by atoms with van der Waals surface area (Å²) in [6.07, 6.45) is 0.877. The molecule has 140 valence electrons. The molecule has 0 saturated carbocycles. The number of amides is 1. The van der Waals surface area contributed by atoms with Crippen LogP contribution >= 0.6 is 23.1 Å². The second-order valence-electron chi connectivity index (χ2n) is 6.05. The maximum absolute atomic E-state index is 12.4. The Morgan fingerprint density at radius 2 is 2.00 bits per heavy atom. The first-order valence-electron chi connectivity index (χ1n) is 8.52.